The minimum absolute atomic E-state index is 0.159. The van der Waals surface area contributed by atoms with Crippen molar-refractivity contribution in [3.63, 3.8) is 0 Å². The molecule has 3 nitrogen and oxygen atoms in total. The van der Waals surface area contributed by atoms with Crippen LogP contribution in [0.1, 0.15) is 6.92 Å². The fourth-order valence-corrected chi connectivity index (χ4v) is 0.815. The maximum absolute atomic E-state index is 9.47. The minimum Gasteiger partial charge on any atom is -0.385 e. The van der Waals surface area contributed by atoms with Gasteiger partial charge in [-0.25, -0.2) is 0 Å². The topological polar surface area (TPSA) is 55.5 Å². The van der Waals surface area contributed by atoms with Crippen LogP contribution in [0.2, 0.25) is 0 Å². The van der Waals surface area contributed by atoms with E-state index < -0.39 is 5.60 Å². The molecular formula is C6H13NO2. The van der Waals surface area contributed by atoms with Gasteiger partial charge in [0.15, 0.2) is 0 Å². The minimum atomic E-state index is -0.616. The van der Waals surface area contributed by atoms with Crippen molar-refractivity contribution >= 4 is 0 Å². The molecule has 3 N–H and O–H groups in total. The van der Waals surface area contributed by atoms with Crippen LogP contribution in [0.4, 0.5) is 0 Å². The summed E-state index contributed by atoms with van der Waals surface area (Å²) in [5.74, 6) is 0.159. The second-order valence-electron chi connectivity index (χ2n) is 2.73. The standard InChI is InChI=1S/C6H13NO2/c1-5(2-7)6(8)3-9-4-6/h5,8H,2-4,7H2,1H3. The van der Waals surface area contributed by atoms with Crippen LogP contribution in [-0.2, 0) is 4.74 Å². The van der Waals surface area contributed by atoms with Gasteiger partial charge in [0, 0.05) is 5.92 Å². The van der Waals surface area contributed by atoms with E-state index in [1.54, 1.807) is 0 Å². The number of nitrogens with two attached hydrogens (primary N) is 1. The number of hydrogen-bond acceptors (Lipinski definition) is 3. The molecule has 1 aliphatic rings. The number of ether oxygens (including phenoxy) is 1. The van der Waals surface area contributed by atoms with Gasteiger partial charge in [-0.1, -0.05) is 6.92 Å². The molecule has 1 rings (SSSR count). The molecule has 1 fully saturated rings. The molecule has 0 amide bonds. The second kappa shape index (κ2) is 2.25. The molecular weight excluding hydrogens is 118 g/mol. The van der Waals surface area contributed by atoms with E-state index in [0.29, 0.717) is 19.8 Å². The highest BCUT2D eigenvalue weighted by molar-refractivity contribution is 4.90. The van der Waals surface area contributed by atoms with E-state index in [4.69, 9.17) is 10.5 Å². The van der Waals surface area contributed by atoms with Gasteiger partial charge >= 0.3 is 0 Å². The summed E-state index contributed by atoms with van der Waals surface area (Å²) in [7, 11) is 0. The molecule has 1 saturated heterocycles. The average molecular weight is 131 g/mol. The molecule has 0 spiro atoms. The molecule has 1 atom stereocenters. The smallest absolute Gasteiger partial charge is 0.115 e. The molecule has 1 aliphatic heterocycles. The maximum atomic E-state index is 9.47. The predicted molar refractivity (Wildman–Crippen MR) is 34.0 cm³/mol. The van der Waals surface area contributed by atoms with Crippen LogP contribution in [0, 0.1) is 5.92 Å². The van der Waals surface area contributed by atoms with Crippen molar-refractivity contribution in [1.29, 1.82) is 0 Å². The number of aliphatic hydroxyl groups is 1. The van der Waals surface area contributed by atoms with Gasteiger partial charge in [0.25, 0.3) is 0 Å². The first kappa shape index (κ1) is 6.99. The van der Waals surface area contributed by atoms with Crippen molar-refractivity contribution in [1.82, 2.24) is 0 Å². The normalized spacial score (nSPS) is 27.0. The third-order valence-corrected chi connectivity index (χ3v) is 1.97. The first-order chi connectivity index (χ1) is 4.19. The van der Waals surface area contributed by atoms with Crippen LogP contribution in [0.25, 0.3) is 0 Å². The largest absolute Gasteiger partial charge is 0.385 e. The SMILES string of the molecule is CC(CN)C1(O)COC1. The van der Waals surface area contributed by atoms with E-state index in [1.807, 2.05) is 6.92 Å². The highest BCUT2D eigenvalue weighted by Gasteiger charge is 2.40. The summed E-state index contributed by atoms with van der Waals surface area (Å²) in [4.78, 5) is 0. The van der Waals surface area contributed by atoms with Crippen molar-refractivity contribution in [3.05, 3.63) is 0 Å². The lowest BCUT2D eigenvalue weighted by atomic mass is 9.87. The molecule has 9 heavy (non-hydrogen) atoms. The Morgan fingerprint density at radius 3 is 2.44 bits per heavy atom. The van der Waals surface area contributed by atoms with Crippen LogP contribution in [-0.4, -0.2) is 30.5 Å². The highest BCUT2D eigenvalue weighted by atomic mass is 16.5. The first-order valence-corrected chi connectivity index (χ1v) is 3.19. The second-order valence-corrected chi connectivity index (χ2v) is 2.73. The molecule has 1 unspecified atom stereocenters. The zero-order valence-corrected chi connectivity index (χ0v) is 5.63. The summed E-state index contributed by atoms with van der Waals surface area (Å²) in [5, 5.41) is 9.47. The van der Waals surface area contributed by atoms with Gasteiger partial charge in [0.05, 0.1) is 13.2 Å². The van der Waals surface area contributed by atoms with Crippen molar-refractivity contribution in [3.8, 4) is 0 Å². The van der Waals surface area contributed by atoms with Crippen molar-refractivity contribution < 1.29 is 9.84 Å². The third-order valence-electron chi connectivity index (χ3n) is 1.97. The Balaban J connectivity index is 2.38. The van der Waals surface area contributed by atoms with Gasteiger partial charge in [-0.3, -0.25) is 0 Å². The van der Waals surface area contributed by atoms with Gasteiger partial charge < -0.3 is 15.6 Å². The number of rotatable bonds is 2. The predicted octanol–water partition coefficient (Wildman–Crippen LogP) is -0.658. The Kier molecular flexibility index (Phi) is 1.75. The van der Waals surface area contributed by atoms with Crippen molar-refractivity contribution in [2.75, 3.05) is 19.8 Å². The first-order valence-electron chi connectivity index (χ1n) is 3.19. The van der Waals surface area contributed by atoms with E-state index in [1.165, 1.54) is 0 Å². The molecule has 3 heteroatoms. The van der Waals surface area contributed by atoms with E-state index in [2.05, 4.69) is 0 Å². The lowest BCUT2D eigenvalue weighted by Gasteiger charge is -2.40. The Morgan fingerprint density at radius 2 is 2.33 bits per heavy atom. The lowest BCUT2D eigenvalue weighted by Crippen LogP contribution is -2.56. The summed E-state index contributed by atoms with van der Waals surface area (Å²) in [6, 6.07) is 0. The molecule has 0 aliphatic carbocycles. The van der Waals surface area contributed by atoms with Gasteiger partial charge in [0.2, 0.25) is 0 Å². The Morgan fingerprint density at radius 1 is 1.78 bits per heavy atom. The molecule has 0 aromatic rings. The maximum Gasteiger partial charge on any atom is 0.115 e. The van der Waals surface area contributed by atoms with Crippen LogP contribution >= 0.6 is 0 Å². The van der Waals surface area contributed by atoms with Crippen LogP contribution in [0.15, 0.2) is 0 Å². The van der Waals surface area contributed by atoms with Crippen LogP contribution in [0.3, 0.4) is 0 Å². The fourth-order valence-electron chi connectivity index (χ4n) is 0.815. The van der Waals surface area contributed by atoms with Gasteiger partial charge in [0.1, 0.15) is 5.60 Å². The molecule has 0 saturated carbocycles. The van der Waals surface area contributed by atoms with Crippen LogP contribution in [0.5, 0.6) is 0 Å². The van der Waals surface area contributed by atoms with E-state index in [9.17, 15) is 5.11 Å². The van der Waals surface area contributed by atoms with Crippen molar-refractivity contribution in [2.24, 2.45) is 11.7 Å². The third kappa shape index (κ3) is 1.08. The highest BCUT2D eigenvalue weighted by Crippen LogP contribution is 2.24. The summed E-state index contributed by atoms with van der Waals surface area (Å²) in [6.07, 6.45) is 0. The monoisotopic (exact) mass is 131 g/mol. The molecule has 0 bridgehead atoms. The molecule has 0 aromatic carbocycles. The Bertz CT molecular complexity index is 101. The quantitative estimate of drug-likeness (QED) is 0.523. The lowest BCUT2D eigenvalue weighted by molar-refractivity contribution is -0.202. The zero-order chi connectivity index (χ0) is 6.91. The summed E-state index contributed by atoms with van der Waals surface area (Å²) in [5.41, 5.74) is 4.74. The van der Waals surface area contributed by atoms with Gasteiger partial charge in [-0.05, 0) is 6.54 Å². The van der Waals surface area contributed by atoms with Crippen LogP contribution < -0.4 is 5.73 Å². The van der Waals surface area contributed by atoms with Gasteiger partial charge in [-0.2, -0.15) is 0 Å². The van der Waals surface area contributed by atoms with E-state index >= 15 is 0 Å². The molecule has 0 aromatic heterocycles. The molecule has 1 heterocycles. The summed E-state index contributed by atoms with van der Waals surface area (Å²) < 4.78 is 4.86. The summed E-state index contributed by atoms with van der Waals surface area (Å²) >= 11 is 0. The van der Waals surface area contributed by atoms with E-state index in [0.717, 1.165) is 0 Å². The van der Waals surface area contributed by atoms with E-state index in [-0.39, 0.29) is 5.92 Å². The Labute approximate surface area is 54.8 Å². The average Bonchev–Trinajstić information content (AvgIpc) is 1.81. The summed E-state index contributed by atoms with van der Waals surface area (Å²) in [6.45, 7) is 3.36. The van der Waals surface area contributed by atoms with Gasteiger partial charge in [-0.15, -0.1) is 0 Å². The molecule has 54 valence electrons. The van der Waals surface area contributed by atoms with Crippen molar-refractivity contribution in [2.45, 2.75) is 12.5 Å². The molecule has 0 radical (unpaired) electrons. The fraction of sp³-hybridized carbons (Fsp3) is 1.00. The number of hydrogen-bond donors (Lipinski definition) is 2. The zero-order valence-electron chi connectivity index (χ0n) is 5.63. The Hall–Kier alpha value is -0.120.